The van der Waals surface area contributed by atoms with Crippen LogP contribution in [-0.4, -0.2) is 46.9 Å². The fourth-order valence-electron chi connectivity index (χ4n) is 3.28. The summed E-state index contributed by atoms with van der Waals surface area (Å²) in [6, 6.07) is 13.8. The summed E-state index contributed by atoms with van der Waals surface area (Å²) in [5, 5.41) is 6.36. The minimum absolute atomic E-state index is 0.0723. The molecule has 0 aromatic heterocycles. The van der Waals surface area contributed by atoms with Crippen molar-refractivity contribution in [2.45, 2.75) is 18.3 Å². The summed E-state index contributed by atoms with van der Waals surface area (Å²) in [6.45, 7) is 1.85. The highest BCUT2D eigenvalue weighted by Crippen LogP contribution is 2.48. The Hall–Kier alpha value is -2.73. The predicted octanol–water partition coefficient (Wildman–Crippen LogP) is 3.22. The van der Waals surface area contributed by atoms with E-state index in [1.54, 1.807) is 21.3 Å². The fraction of sp³-hybridized carbons (Fsp3) is 0.409. The van der Waals surface area contributed by atoms with Crippen molar-refractivity contribution >= 4 is 11.6 Å². The molecule has 6 heteroatoms. The van der Waals surface area contributed by atoms with E-state index in [0.717, 1.165) is 25.1 Å². The lowest BCUT2D eigenvalue weighted by atomic mass is 9.94. The van der Waals surface area contributed by atoms with E-state index in [1.807, 2.05) is 30.3 Å². The quantitative estimate of drug-likeness (QED) is 0.616. The zero-order chi connectivity index (χ0) is 20.0. The summed E-state index contributed by atoms with van der Waals surface area (Å²) in [5.74, 6) is 1.35. The van der Waals surface area contributed by atoms with Crippen LogP contribution < -0.4 is 20.1 Å². The SMILES string of the molecule is COCCNC(=O)c1ccc(C2(CNc3ccc(OC)c(OC)c3)CC2)cc1. The van der Waals surface area contributed by atoms with Gasteiger partial charge in [0.05, 0.1) is 20.8 Å². The Kier molecular flexibility index (Phi) is 6.41. The lowest BCUT2D eigenvalue weighted by molar-refractivity contribution is 0.0937. The Morgan fingerprint density at radius 2 is 1.71 bits per heavy atom. The molecule has 1 saturated carbocycles. The third kappa shape index (κ3) is 4.57. The summed E-state index contributed by atoms with van der Waals surface area (Å²) in [5.41, 5.74) is 3.05. The first kappa shape index (κ1) is 20.0. The van der Waals surface area contributed by atoms with E-state index in [-0.39, 0.29) is 11.3 Å². The normalized spacial score (nSPS) is 14.2. The van der Waals surface area contributed by atoms with Crippen LogP contribution in [0.25, 0.3) is 0 Å². The van der Waals surface area contributed by atoms with E-state index in [9.17, 15) is 4.79 Å². The molecule has 0 radical (unpaired) electrons. The average molecular weight is 384 g/mol. The van der Waals surface area contributed by atoms with Gasteiger partial charge in [-0.2, -0.15) is 0 Å². The maximum Gasteiger partial charge on any atom is 0.251 e. The van der Waals surface area contributed by atoms with Gasteiger partial charge in [-0.3, -0.25) is 4.79 Å². The molecule has 6 nitrogen and oxygen atoms in total. The Morgan fingerprint density at radius 3 is 2.32 bits per heavy atom. The third-order valence-corrected chi connectivity index (χ3v) is 5.22. The summed E-state index contributed by atoms with van der Waals surface area (Å²) >= 11 is 0. The Bertz CT molecular complexity index is 801. The predicted molar refractivity (Wildman–Crippen MR) is 110 cm³/mol. The molecule has 1 fully saturated rings. The van der Waals surface area contributed by atoms with Gasteiger partial charge in [0.25, 0.3) is 5.91 Å². The smallest absolute Gasteiger partial charge is 0.251 e. The standard InChI is InChI=1S/C22H28N2O4/c1-26-13-12-23-21(25)16-4-6-17(7-5-16)22(10-11-22)15-24-18-8-9-19(27-2)20(14-18)28-3/h4-9,14,24H,10-13,15H2,1-3H3,(H,23,25). The fourth-order valence-corrected chi connectivity index (χ4v) is 3.28. The topological polar surface area (TPSA) is 68.8 Å². The molecule has 1 amide bonds. The summed E-state index contributed by atoms with van der Waals surface area (Å²) < 4.78 is 15.6. The van der Waals surface area contributed by atoms with E-state index >= 15 is 0 Å². The molecule has 0 heterocycles. The number of hydrogen-bond acceptors (Lipinski definition) is 5. The molecule has 2 aromatic carbocycles. The van der Waals surface area contributed by atoms with Crippen LogP contribution in [-0.2, 0) is 10.2 Å². The van der Waals surface area contributed by atoms with Gasteiger partial charge in [-0.15, -0.1) is 0 Å². The van der Waals surface area contributed by atoms with Gasteiger partial charge in [-0.25, -0.2) is 0 Å². The van der Waals surface area contributed by atoms with Crippen LogP contribution in [0.5, 0.6) is 11.5 Å². The molecular weight excluding hydrogens is 356 g/mol. The molecule has 0 bridgehead atoms. The molecule has 0 unspecified atom stereocenters. The number of benzene rings is 2. The first-order chi connectivity index (χ1) is 13.6. The van der Waals surface area contributed by atoms with Crippen molar-refractivity contribution in [3.63, 3.8) is 0 Å². The molecular formula is C22H28N2O4. The summed E-state index contributed by atoms with van der Waals surface area (Å²) in [6.07, 6.45) is 2.26. The summed E-state index contributed by atoms with van der Waals surface area (Å²) in [7, 11) is 4.88. The molecule has 2 N–H and O–H groups in total. The molecule has 0 spiro atoms. The third-order valence-electron chi connectivity index (χ3n) is 5.22. The zero-order valence-corrected chi connectivity index (χ0v) is 16.7. The first-order valence-corrected chi connectivity index (χ1v) is 9.45. The highest BCUT2D eigenvalue weighted by molar-refractivity contribution is 5.94. The first-order valence-electron chi connectivity index (χ1n) is 9.45. The molecule has 0 aliphatic heterocycles. The van der Waals surface area contributed by atoms with Crippen molar-refractivity contribution in [2.75, 3.05) is 46.3 Å². The summed E-state index contributed by atoms with van der Waals surface area (Å²) in [4.78, 5) is 12.1. The molecule has 150 valence electrons. The number of hydrogen-bond donors (Lipinski definition) is 2. The van der Waals surface area contributed by atoms with E-state index in [4.69, 9.17) is 14.2 Å². The van der Waals surface area contributed by atoms with Gasteiger partial charge in [-0.05, 0) is 42.7 Å². The zero-order valence-electron chi connectivity index (χ0n) is 16.7. The van der Waals surface area contributed by atoms with Crippen molar-refractivity contribution in [2.24, 2.45) is 0 Å². The number of nitrogens with one attached hydrogen (secondary N) is 2. The number of methoxy groups -OCH3 is 3. The van der Waals surface area contributed by atoms with Gasteiger partial charge in [0.2, 0.25) is 0 Å². The highest BCUT2D eigenvalue weighted by Gasteiger charge is 2.44. The molecule has 3 rings (SSSR count). The molecule has 28 heavy (non-hydrogen) atoms. The van der Waals surface area contributed by atoms with E-state index in [1.165, 1.54) is 5.56 Å². The second kappa shape index (κ2) is 8.97. The Labute approximate surface area is 166 Å². The highest BCUT2D eigenvalue weighted by atomic mass is 16.5. The number of ether oxygens (including phenoxy) is 3. The van der Waals surface area contributed by atoms with Crippen LogP contribution >= 0.6 is 0 Å². The lowest BCUT2D eigenvalue weighted by Gasteiger charge is -2.19. The van der Waals surface area contributed by atoms with Crippen molar-refractivity contribution in [1.29, 1.82) is 0 Å². The van der Waals surface area contributed by atoms with Crippen LogP contribution in [0.15, 0.2) is 42.5 Å². The largest absolute Gasteiger partial charge is 0.493 e. The number of rotatable bonds is 10. The van der Waals surface area contributed by atoms with E-state index in [0.29, 0.717) is 30.2 Å². The molecule has 2 aromatic rings. The minimum Gasteiger partial charge on any atom is -0.493 e. The van der Waals surface area contributed by atoms with Crippen molar-refractivity contribution in [3.05, 3.63) is 53.6 Å². The van der Waals surface area contributed by atoms with E-state index in [2.05, 4.69) is 22.8 Å². The van der Waals surface area contributed by atoms with Crippen molar-refractivity contribution < 1.29 is 19.0 Å². The van der Waals surface area contributed by atoms with Gasteiger partial charge in [0.15, 0.2) is 11.5 Å². The maximum atomic E-state index is 12.1. The van der Waals surface area contributed by atoms with Crippen LogP contribution in [0.2, 0.25) is 0 Å². The second-order valence-corrected chi connectivity index (χ2v) is 7.03. The molecule has 1 aliphatic rings. The monoisotopic (exact) mass is 384 g/mol. The molecule has 0 atom stereocenters. The average Bonchev–Trinajstić information content (AvgIpc) is 3.53. The van der Waals surface area contributed by atoms with Crippen molar-refractivity contribution in [1.82, 2.24) is 5.32 Å². The molecule has 0 saturated heterocycles. The number of amides is 1. The number of carbonyl (C=O) groups is 1. The maximum absolute atomic E-state index is 12.1. The minimum atomic E-state index is -0.0723. The van der Waals surface area contributed by atoms with Crippen molar-refractivity contribution in [3.8, 4) is 11.5 Å². The number of carbonyl (C=O) groups excluding carboxylic acids is 1. The van der Waals surface area contributed by atoms with E-state index < -0.39 is 0 Å². The van der Waals surface area contributed by atoms with Crippen LogP contribution in [0, 0.1) is 0 Å². The second-order valence-electron chi connectivity index (χ2n) is 7.03. The number of anilines is 1. The van der Waals surface area contributed by atoms with Crippen LogP contribution in [0.4, 0.5) is 5.69 Å². The Morgan fingerprint density at radius 1 is 1.00 bits per heavy atom. The van der Waals surface area contributed by atoms with Crippen LogP contribution in [0.1, 0.15) is 28.8 Å². The van der Waals surface area contributed by atoms with Crippen LogP contribution in [0.3, 0.4) is 0 Å². The Balaban J connectivity index is 1.62. The van der Waals surface area contributed by atoms with Gasteiger partial charge in [-0.1, -0.05) is 12.1 Å². The van der Waals surface area contributed by atoms with Gasteiger partial charge in [0.1, 0.15) is 0 Å². The molecule has 1 aliphatic carbocycles. The lowest BCUT2D eigenvalue weighted by Crippen LogP contribution is -2.27. The van der Waals surface area contributed by atoms with Gasteiger partial charge >= 0.3 is 0 Å². The van der Waals surface area contributed by atoms with Gasteiger partial charge in [0, 0.05) is 42.9 Å². The van der Waals surface area contributed by atoms with Gasteiger partial charge < -0.3 is 24.8 Å².